The maximum Gasteiger partial charge on any atom is 0.230 e. The molecule has 2 heterocycles. The van der Waals surface area contributed by atoms with Gasteiger partial charge in [-0.2, -0.15) is 0 Å². The number of amides is 1. The Morgan fingerprint density at radius 2 is 2.14 bits per heavy atom. The third-order valence-electron chi connectivity index (χ3n) is 4.69. The smallest absolute Gasteiger partial charge is 0.230 e. The van der Waals surface area contributed by atoms with E-state index < -0.39 is 0 Å². The Hall–Kier alpha value is -1.81. The van der Waals surface area contributed by atoms with Gasteiger partial charge in [0.05, 0.1) is 5.92 Å². The fourth-order valence-corrected chi connectivity index (χ4v) is 3.48. The highest BCUT2D eigenvalue weighted by Crippen LogP contribution is 2.31. The number of hydrogen-bond acceptors (Lipinski definition) is 3. The normalized spacial score (nSPS) is 20.1. The van der Waals surface area contributed by atoms with Gasteiger partial charge in [-0.25, -0.2) is 0 Å². The summed E-state index contributed by atoms with van der Waals surface area (Å²) in [6, 6.07) is 6.42. The SMILES string of the molecule is CCN(CC)C(=O)[C@@H]1C=C(c2cccc3c2CCN3)CNC1. The van der Waals surface area contributed by atoms with Crippen LogP contribution >= 0.6 is 0 Å². The van der Waals surface area contributed by atoms with E-state index in [0.29, 0.717) is 0 Å². The van der Waals surface area contributed by atoms with Crippen molar-refractivity contribution in [3.8, 4) is 0 Å². The molecule has 4 nitrogen and oxygen atoms in total. The molecule has 0 spiro atoms. The van der Waals surface area contributed by atoms with Crippen molar-refractivity contribution in [2.75, 3.05) is 38.0 Å². The minimum absolute atomic E-state index is 0.0473. The molecule has 2 aliphatic heterocycles. The number of benzene rings is 1. The summed E-state index contributed by atoms with van der Waals surface area (Å²) >= 11 is 0. The number of carbonyl (C=O) groups is 1. The summed E-state index contributed by atoms with van der Waals surface area (Å²) in [5.74, 6) is 0.189. The standard InChI is InChI=1S/C18H25N3O/c1-3-21(4-2)18(22)14-10-13(11-19-12-14)15-6-5-7-17-16(15)8-9-20-17/h5-7,10,14,19-20H,3-4,8-9,11-12H2,1-2H3/t14-/m1/s1. The molecule has 0 bridgehead atoms. The van der Waals surface area contributed by atoms with Crippen LogP contribution in [0, 0.1) is 5.92 Å². The summed E-state index contributed by atoms with van der Waals surface area (Å²) in [6.45, 7) is 8.23. The summed E-state index contributed by atoms with van der Waals surface area (Å²) in [6.07, 6.45) is 3.25. The fraction of sp³-hybridized carbons (Fsp3) is 0.500. The predicted molar refractivity (Wildman–Crippen MR) is 90.9 cm³/mol. The zero-order valence-electron chi connectivity index (χ0n) is 13.5. The largest absolute Gasteiger partial charge is 0.384 e. The van der Waals surface area contributed by atoms with Crippen molar-refractivity contribution in [1.82, 2.24) is 10.2 Å². The first-order chi connectivity index (χ1) is 10.7. The summed E-state index contributed by atoms with van der Waals surface area (Å²) < 4.78 is 0. The third kappa shape index (κ3) is 2.75. The van der Waals surface area contributed by atoms with Crippen LogP contribution in [0.15, 0.2) is 24.3 Å². The van der Waals surface area contributed by atoms with E-state index in [4.69, 9.17) is 0 Å². The van der Waals surface area contributed by atoms with E-state index in [0.717, 1.165) is 39.1 Å². The second kappa shape index (κ2) is 6.53. The molecular formula is C18H25N3O. The minimum Gasteiger partial charge on any atom is -0.384 e. The summed E-state index contributed by atoms with van der Waals surface area (Å²) in [5, 5.41) is 6.85. The van der Waals surface area contributed by atoms with Gasteiger partial charge in [-0.3, -0.25) is 4.79 Å². The van der Waals surface area contributed by atoms with E-state index in [1.807, 2.05) is 18.7 Å². The molecule has 1 aromatic carbocycles. The highest BCUT2D eigenvalue weighted by Gasteiger charge is 2.25. The first-order valence-electron chi connectivity index (χ1n) is 8.31. The summed E-state index contributed by atoms with van der Waals surface area (Å²) in [7, 11) is 0. The number of rotatable bonds is 4. The van der Waals surface area contributed by atoms with E-state index in [1.165, 1.54) is 22.4 Å². The Balaban J connectivity index is 1.88. The Morgan fingerprint density at radius 3 is 2.91 bits per heavy atom. The quantitative estimate of drug-likeness (QED) is 0.895. The Morgan fingerprint density at radius 1 is 1.32 bits per heavy atom. The van der Waals surface area contributed by atoms with Crippen molar-refractivity contribution < 1.29 is 4.79 Å². The van der Waals surface area contributed by atoms with Gasteiger partial charge in [0.2, 0.25) is 5.91 Å². The predicted octanol–water partition coefficient (Wildman–Crippen LogP) is 2.13. The lowest BCUT2D eigenvalue weighted by Crippen LogP contribution is -2.41. The molecule has 4 heteroatoms. The monoisotopic (exact) mass is 299 g/mol. The zero-order chi connectivity index (χ0) is 15.5. The number of anilines is 1. The molecule has 0 aliphatic carbocycles. The maximum atomic E-state index is 12.6. The lowest BCUT2D eigenvalue weighted by molar-refractivity contribution is -0.133. The first kappa shape index (κ1) is 15.1. The van der Waals surface area contributed by atoms with Gasteiger partial charge in [0.15, 0.2) is 0 Å². The molecule has 0 unspecified atom stereocenters. The van der Waals surface area contributed by atoms with Crippen LogP contribution in [0.25, 0.3) is 5.57 Å². The van der Waals surface area contributed by atoms with Gasteiger partial charge in [-0.05, 0) is 43.0 Å². The number of nitrogens with one attached hydrogen (secondary N) is 2. The van der Waals surface area contributed by atoms with Crippen LogP contribution in [-0.4, -0.2) is 43.5 Å². The lowest BCUT2D eigenvalue weighted by atomic mass is 9.91. The molecular weight excluding hydrogens is 274 g/mol. The lowest BCUT2D eigenvalue weighted by Gasteiger charge is -2.28. The van der Waals surface area contributed by atoms with Crippen molar-refractivity contribution in [1.29, 1.82) is 0 Å². The zero-order valence-corrected chi connectivity index (χ0v) is 13.5. The van der Waals surface area contributed by atoms with Gasteiger partial charge in [0, 0.05) is 38.4 Å². The molecule has 118 valence electrons. The third-order valence-corrected chi connectivity index (χ3v) is 4.69. The van der Waals surface area contributed by atoms with Crippen LogP contribution in [-0.2, 0) is 11.2 Å². The number of hydrogen-bond donors (Lipinski definition) is 2. The van der Waals surface area contributed by atoms with E-state index in [2.05, 4.69) is 34.9 Å². The van der Waals surface area contributed by atoms with E-state index in [-0.39, 0.29) is 11.8 Å². The molecule has 1 amide bonds. The molecule has 2 aliphatic rings. The van der Waals surface area contributed by atoms with Crippen LogP contribution < -0.4 is 10.6 Å². The topological polar surface area (TPSA) is 44.4 Å². The maximum absolute atomic E-state index is 12.6. The van der Waals surface area contributed by atoms with Crippen molar-refractivity contribution in [3.63, 3.8) is 0 Å². The molecule has 1 aromatic rings. The average Bonchev–Trinajstić information content (AvgIpc) is 3.04. The van der Waals surface area contributed by atoms with Gasteiger partial charge < -0.3 is 15.5 Å². The van der Waals surface area contributed by atoms with Crippen LogP contribution in [0.1, 0.15) is 25.0 Å². The molecule has 3 rings (SSSR count). The highest BCUT2D eigenvalue weighted by molar-refractivity contribution is 5.85. The molecule has 0 aromatic heterocycles. The second-order valence-corrected chi connectivity index (χ2v) is 5.95. The fourth-order valence-electron chi connectivity index (χ4n) is 3.48. The number of fused-ring (bicyclic) bond motifs is 1. The van der Waals surface area contributed by atoms with Gasteiger partial charge in [-0.1, -0.05) is 18.2 Å². The summed E-state index contributed by atoms with van der Waals surface area (Å²) in [5.41, 5.74) is 5.20. The van der Waals surface area contributed by atoms with Crippen molar-refractivity contribution >= 4 is 17.2 Å². The first-order valence-corrected chi connectivity index (χ1v) is 8.31. The van der Waals surface area contributed by atoms with Crippen molar-refractivity contribution in [3.05, 3.63) is 35.4 Å². The number of nitrogens with zero attached hydrogens (tertiary/aromatic N) is 1. The Kier molecular flexibility index (Phi) is 4.48. The Bertz CT molecular complexity index is 590. The second-order valence-electron chi connectivity index (χ2n) is 5.95. The average molecular weight is 299 g/mol. The van der Waals surface area contributed by atoms with Crippen LogP contribution in [0.2, 0.25) is 0 Å². The molecule has 22 heavy (non-hydrogen) atoms. The molecule has 0 saturated heterocycles. The van der Waals surface area contributed by atoms with E-state index in [9.17, 15) is 4.79 Å². The van der Waals surface area contributed by atoms with Gasteiger partial charge in [-0.15, -0.1) is 0 Å². The van der Waals surface area contributed by atoms with Crippen LogP contribution in [0.3, 0.4) is 0 Å². The van der Waals surface area contributed by atoms with E-state index in [1.54, 1.807) is 0 Å². The van der Waals surface area contributed by atoms with Crippen LogP contribution in [0.5, 0.6) is 0 Å². The van der Waals surface area contributed by atoms with E-state index >= 15 is 0 Å². The van der Waals surface area contributed by atoms with Gasteiger partial charge >= 0.3 is 0 Å². The van der Waals surface area contributed by atoms with Crippen molar-refractivity contribution in [2.24, 2.45) is 5.92 Å². The van der Waals surface area contributed by atoms with Gasteiger partial charge in [0.1, 0.15) is 0 Å². The molecule has 0 saturated carbocycles. The van der Waals surface area contributed by atoms with Crippen LogP contribution in [0.4, 0.5) is 5.69 Å². The molecule has 2 N–H and O–H groups in total. The Labute approximate surface area is 132 Å². The molecule has 0 fully saturated rings. The van der Waals surface area contributed by atoms with Crippen molar-refractivity contribution in [2.45, 2.75) is 20.3 Å². The number of carbonyl (C=O) groups excluding carboxylic acids is 1. The highest BCUT2D eigenvalue weighted by atomic mass is 16.2. The van der Waals surface area contributed by atoms with Gasteiger partial charge in [0.25, 0.3) is 0 Å². The summed E-state index contributed by atoms with van der Waals surface area (Å²) in [4.78, 5) is 14.5. The molecule has 0 radical (unpaired) electrons. The minimum atomic E-state index is -0.0473. The molecule has 1 atom stereocenters.